The van der Waals surface area contributed by atoms with Gasteiger partial charge in [-0.05, 0) is 11.6 Å². The molecule has 1 heterocycles. The first-order valence-corrected chi connectivity index (χ1v) is 6.30. The van der Waals surface area contributed by atoms with E-state index in [0.29, 0.717) is 16.5 Å². The zero-order valence-electron chi connectivity index (χ0n) is 10.8. The molecule has 5 nitrogen and oxygen atoms in total. The predicted molar refractivity (Wildman–Crippen MR) is 78.5 cm³/mol. The van der Waals surface area contributed by atoms with E-state index in [2.05, 4.69) is 10.3 Å². The summed E-state index contributed by atoms with van der Waals surface area (Å²) in [6, 6.07) is 10.1. The van der Waals surface area contributed by atoms with Crippen molar-refractivity contribution in [3.05, 3.63) is 53.2 Å². The Balaban J connectivity index is 2.31. The standard InChI is InChI=1S/C14H14ClN3O2/c1-20-14(19)12(9-5-3-2-4-6-9)18-13-11(15)7-10(16)8-17-13/h2-8,12H,16H2,1H3,(H,17,18). The molecule has 0 spiro atoms. The number of hydrogen-bond donors (Lipinski definition) is 2. The minimum atomic E-state index is -0.685. The molecule has 20 heavy (non-hydrogen) atoms. The van der Waals surface area contributed by atoms with Crippen molar-refractivity contribution in [1.29, 1.82) is 0 Å². The number of carbonyl (C=O) groups is 1. The van der Waals surface area contributed by atoms with Crippen LogP contribution in [0.2, 0.25) is 5.02 Å². The van der Waals surface area contributed by atoms with Crippen molar-refractivity contribution >= 4 is 29.1 Å². The van der Waals surface area contributed by atoms with Gasteiger partial charge in [0.1, 0.15) is 5.82 Å². The van der Waals surface area contributed by atoms with Crippen LogP contribution in [0.1, 0.15) is 11.6 Å². The fourth-order valence-corrected chi connectivity index (χ4v) is 1.97. The number of carbonyl (C=O) groups excluding carboxylic acids is 1. The first-order chi connectivity index (χ1) is 9.61. The molecule has 1 aromatic carbocycles. The zero-order valence-corrected chi connectivity index (χ0v) is 11.6. The first-order valence-electron chi connectivity index (χ1n) is 5.92. The van der Waals surface area contributed by atoms with Gasteiger partial charge >= 0.3 is 5.97 Å². The van der Waals surface area contributed by atoms with Gasteiger partial charge in [-0.25, -0.2) is 9.78 Å². The Morgan fingerprint density at radius 2 is 2.10 bits per heavy atom. The molecule has 0 saturated carbocycles. The minimum absolute atomic E-state index is 0.342. The number of benzene rings is 1. The molecule has 0 aliphatic carbocycles. The first kappa shape index (κ1) is 14.1. The normalized spacial score (nSPS) is 11.7. The highest BCUT2D eigenvalue weighted by Crippen LogP contribution is 2.26. The van der Waals surface area contributed by atoms with E-state index in [1.807, 2.05) is 30.3 Å². The van der Waals surface area contributed by atoms with E-state index in [9.17, 15) is 4.79 Å². The average molecular weight is 292 g/mol. The Hall–Kier alpha value is -2.27. The SMILES string of the molecule is COC(=O)C(Nc1ncc(N)cc1Cl)c1ccccc1. The van der Waals surface area contributed by atoms with Crippen molar-refractivity contribution in [3.63, 3.8) is 0 Å². The number of nitrogens with two attached hydrogens (primary N) is 1. The number of aromatic nitrogens is 1. The van der Waals surface area contributed by atoms with Crippen molar-refractivity contribution in [2.75, 3.05) is 18.2 Å². The third kappa shape index (κ3) is 3.19. The molecule has 0 aliphatic rings. The van der Waals surface area contributed by atoms with Crippen LogP contribution in [0.25, 0.3) is 0 Å². The van der Waals surface area contributed by atoms with E-state index >= 15 is 0 Å². The second kappa shape index (κ2) is 6.25. The quantitative estimate of drug-likeness (QED) is 0.847. The molecular formula is C14H14ClN3O2. The van der Waals surface area contributed by atoms with Crippen LogP contribution in [0.15, 0.2) is 42.6 Å². The van der Waals surface area contributed by atoms with Crippen LogP contribution in [0.5, 0.6) is 0 Å². The van der Waals surface area contributed by atoms with Gasteiger partial charge in [0, 0.05) is 0 Å². The number of methoxy groups -OCH3 is 1. The maximum atomic E-state index is 11.9. The maximum Gasteiger partial charge on any atom is 0.333 e. The van der Waals surface area contributed by atoms with Gasteiger partial charge in [0.25, 0.3) is 0 Å². The van der Waals surface area contributed by atoms with Gasteiger partial charge in [-0.2, -0.15) is 0 Å². The number of nitrogens with zero attached hydrogens (tertiary/aromatic N) is 1. The summed E-state index contributed by atoms with van der Waals surface area (Å²) < 4.78 is 4.81. The van der Waals surface area contributed by atoms with Crippen LogP contribution < -0.4 is 11.1 Å². The van der Waals surface area contributed by atoms with Crippen molar-refractivity contribution in [2.45, 2.75) is 6.04 Å². The second-order valence-electron chi connectivity index (χ2n) is 4.11. The molecule has 104 valence electrons. The van der Waals surface area contributed by atoms with E-state index < -0.39 is 12.0 Å². The topological polar surface area (TPSA) is 77.2 Å². The van der Waals surface area contributed by atoms with Gasteiger partial charge in [-0.15, -0.1) is 0 Å². The van der Waals surface area contributed by atoms with Crippen LogP contribution in [0, 0.1) is 0 Å². The van der Waals surface area contributed by atoms with Gasteiger partial charge in [0.15, 0.2) is 6.04 Å². The molecule has 0 amide bonds. The summed E-state index contributed by atoms with van der Waals surface area (Å²) in [6.45, 7) is 0. The highest BCUT2D eigenvalue weighted by atomic mass is 35.5. The van der Waals surface area contributed by atoms with Crippen LogP contribution in [0.3, 0.4) is 0 Å². The van der Waals surface area contributed by atoms with E-state index in [0.717, 1.165) is 5.56 Å². The van der Waals surface area contributed by atoms with Gasteiger partial charge < -0.3 is 15.8 Å². The number of anilines is 2. The summed E-state index contributed by atoms with van der Waals surface area (Å²) in [5.41, 5.74) is 6.80. The lowest BCUT2D eigenvalue weighted by atomic mass is 10.1. The summed E-state index contributed by atoms with van der Waals surface area (Å²) in [7, 11) is 1.33. The molecule has 3 N–H and O–H groups in total. The zero-order chi connectivity index (χ0) is 14.5. The Labute approximate surface area is 121 Å². The highest BCUT2D eigenvalue weighted by Gasteiger charge is 2.22. The Morgan fingerprint density at radius 1 is 1.40 bits per heavy atom. The Bertz CT molecular complexity index is 605. The van der Waals surface area contributed by atoms with Gasteiger partial charge in [0.2, 0.25) is 0 Å². The van der Waals surface area contributed by atoms with Crippen molar-refractivity contribution in [2.24, 2.45) is 0 Å². The summed E-state index contributed by atoms with van der Waals surface area (Å²) >= 11 is 6.05. The van der Waals surface area contributed by atoms with E-state index in [4.69, 9.17) is 22.1 Å². The summed E-state index contributed by atoms with van der Waals surface area (Å²) in [5, 5.41) is 3.31. The lowest BCUT2D eigenvalue weighted by molar-refractivity contribution is -0.141. The summed E-state index contributed by atoms with van der Waals surface area (Å²) in [5.74, 6) is -0.0500. The lowest BCUT2D eigenvalue weighted by Gasteiger charge is -2.18. The third-order valence-corrected chi connectivity index (χ3v) is 3.00. The molecule has 2 aromatic rings. The third-order valence-electron chi connectivity index (χ3n) is 2.71. The van der Waals surface area contributed by atoms with E-state index in [1.165, 1.54) is 13.3 Å². The minimum Gasteiger partial charge on any atom is -0.467 e. The van der Waals surface area contributed by atoms with E-state index in [-0.39, 0.29) is 0 Å². The molecule has 2 rings (SSSR count). The number of nitrogen functional groups attached to an aromatic ring is 1. The van der Waals surface area contributed by atoms with Crippen LogP contribution in [-0.4, -0.2) is 18.1 Å². The highest BCUT2D eigenvalue weighted by molar-refractivity contribution is 6.33. The number of ether oxygens (including phenoxy) is 1. The molecule has 1 aromatic heterocycles. The van der Waals surface area contributed by atoms with E-state index in [1.54, 1.807) is 6.07 Å². The summed E-state index contributed by atoms with van der Waals surface area (Å²) in [4.78, 5) is 16.0. The lowest BCUT2D eigenvalue weighted by Crippen LogP contribution is -2.23. The number of halogens is 1. The fourth-order valence-electron chi connectivity index (χ4n) is 1.74. The van der Waals surface area contributed by atoms with Crippen LogP contribution >= 0.6 is 11.6 Å². The summed E-state index contributed by atoms with van der Waals surface area (Å²) in [6.07, 6.45) is 1.47. The van der Waals surface area contributed by atoms with Gasteiger partial charge in [-0.1, -0.05) is 41.9 Å². The smallest absolute Gasteiger partial charge is 0.333 e. The van der Waals surface area contributed by atoms with Crippen LogP contribution in [-0.2, 0) is 9.53 Å². The molecule has 0 radical (unpaired) electrons. The molecule has 6 heteroatoms. The number of rotatable bonds is 4. The fraction of sp³-hybridized carbons (Fsp3) is 0.143. The molecule has 0 aliphatic heterocycles. The predicted octanol–water partition coefficient (Wildman–Crippen LogP) is 2.64. The Morgan fingerprint density at radius 3 is 2.70 bits per heavy atom. The van der Waals surface area contributed by atoms with Crippen molar-refractivity contribution in [3.8, 4) is 0 Å². The van der Waals surface area contributed by atoms with Gasteiger partial charge in [0.05, 0.1) is 24.0 Å². The number of nitrogens with one attached hydrogen (secondary N) is 1. The molecule has 0 bridgehead atoms. The number of hydrogen-bond acceptors (Lipinski definition) is 5. The van der Waals surface area contributed by atoms with Gasteiger partial charge in [-0.3, -0.25) is 0 Å². The van der Waals surface area contributed by atoms with Crippen molar-refractivity contribution < 1.29 is 9.53 Å². The molecule has 1 unspecified atom stereocenters. The maximum absolute atomic E-state index is 11.9. The average Bonchev–Trinajstić information content (AvgIpc) is 2.46. The number of esters is 1. The monoisotopic (exact) mass is 291 g/mol. The largest absolute Gasteiger partial charge is 0.467 e. The second-order valence-corrected chi connectivity index (χ2v) is 4.52. The number of pyridine rings is 1. The van der Waals surface area contributed by atoms with Crippen LogP contribution in [0.4, 0.5) is 11.5 Å². The molecule has 0 fully saturated rings. The molecule has 1 atom stereocenters. The molecular weight excluding hydrogens is 278 g/mol. The molecule has 0 saturated heterocycles. The Kier molecular flexibility index (Phi) is 4.42. The van der Waals surface area contributed by atoms with Crippen molar-refractivity contribution in [1.82, 2.24) is 4.98 Å².